The van der Waals surface area contributed by atoms with Crippen molar-refractivity contribution in [1.29, 1.82) is 0 Å². The molecule has 1 fully saturated rings. The molecular weight excluding hydrogens is 1230 g/mol. The molecule has 2 aromatic carbocycles. The number of esters is 1. The first-order valence-electron chi connectivity index (χ1n) is 26.1. The number of benzene rings is 2. The van der Waals surface area contributed by atoms with Gasteiger partial charge in [0.2, 0.25) is 0 Å². The van der Waals surface area contributed by atoms with E-state index in [2.05, 4.69) is 58.4 Å². The van der Waals surface area contributed by atoms with Crippen LogP contribution in [0.15, 0.2) is 130 Å². The third-order valence-electron chi connectivity index (χ3n) is 12.6. The van der Waals surface area contributed by atoms with Crippen molar-refractivity contribution in [2.24, 2.45) is 5.92 Å². The molecule has 0 amide bonds. The highest BCUT2D eigenvalue weighted by molar-refractivity contribution is 8.24. The quantitative estimate of drug-likeness (QED) is 0.0419. The number of cyclic esters (lactones) is 1. The Morgan fingerprint density at radius 3 is 1.64 bits per heavy atom. The maximum absolute atomic E-state index is 12.6. The summed E-state index contributed by atoms with van der Waals surface area (Å²) < 4.78 is 29.9. The molecule has 2 aliphatic heterocycles. The zero-order chi connectivity index (χ0) is 61.5. The molecule has 19 nitrogen and oxygen atoms in total. The van der Waals surface area contributed by atoms with Gasteiger partial charge >= 0.3 is 11.2 Å². The summed E-state index contributed by atoms with van der Waals surface area (Å²) in [5.41, 5.74) is 12.3. The van der Waals surface area contributed by atoms with Gasteiger partial charge in [-0.3, -0.25) is 41.9 Å². The van der Waals surface area contributed by atoms with E-state index < -0.39 is 17.2 Å². The number of rotatable bonds is 13. The number of carbonyl (C=O) groups is 2. The maximum atomic E-state index is 12.6. The molecule has 448 valence electrons. The molecule has 1 saturated heterocycles. The Kier molecular flexibility index (Phi) is 27.5. The number of halogens is 6. The van der Waals surface area contributed by atoms with Gasteiger partial charge in [-0.15, -0.1) is 34.8 Å². The van der Waals surface area contributed by atoms with Crippen LogP contribution >= 0.6 is 73.7 Å². The van der Waals surface area contributed by atoms with E-state index in [0.717, 1.165) is 17.5 Å². The number of hydrogen-bond donors (Lipinski definition) is 3. The van der Waals surface area contributed by atoms with Gasteiger partial charge in [-0.1, -0.05) is 60.7 Å². The standard InChI is InChI=1S/C18H17ClN2O2.C12H12N2O.C11H15ClN2O2.C11H11ClN2O2.C6H8O3.Cl3OP/c1-13-15(9-10-19)18(22)21-11-5-8-16(17(21)20-13)23-12-14-6-3-2-4-7-14;13-12-11(7-4-8-14-12)15-9-10-5-2-1-3-6-10;2*1-7-8(4-5-12)11(16)14-6-2-3-9(15)10(14)13-7;1-4(7)5-2-3-9-6(5)8;1-5(2,3)4/h2-8,11H,9-10,12H2,1H3;1-8H,9H2,(H2,13,14);9,15H,2-6H2,1H3;2-3,6,15H,4-5H2,1H3;5H,2-3H2,1H3;. The van der Waals surface area contributed by atoms with Gasteiger partial charge in [-0.25, -0.2) is 19.9 Å². The number of fused-ring (bicyclic) bond motifs is 3. The zero-order valence-electron chi connectivity index (χ0n) is 46.3. The molecule has 8 aromatic rings. The molecule has 26 heteroatoms. The first-order valence-corrected chi connectivity index (χ1v) is 32.2. The van der Waals surface area contributed by atoms with E-state index in [4.69, 9.17) is 50.0 Å². The number of Topliss-reactive ketones (excluding diaryl/α,β-unsaturated/α-hetero) is 1. The van der Waals surface area contributed by atoms with Crippen molar-refractivity contribution < 1.29 is 38.6 Å². The molecule has 2 atom stereocenters. The minimum Gasteiger partial charge on any atom is -0.504 e. The monoisotopic (exact) mass is 1290 g/mol. The highest BCUT2D eigenvalue weighted by atomic mass is 36.0. The third kappa shape index (κ3) is 20.3. The van der Waals surface area contributed by atoms with Crippen LogP contribution in [0.5, 0.6) is 17.2 Å². The number of aromatic hydroxyl groups is 1. The van der Waals surface area contributed by atoms with Gasteiger partial charge in [0.1, 0.15) is 36.8 Å². The molecule has 0 radical (unpaired) electrons. The number of hydrogen-bond acceptors (Lipinski definition) is 16. The number of nitrogens with two attached hydrogens (primary N) is 1. The van der Waals surface area contributed by atoms with Gasteiger partial charge in [0.25, 0.3) is 16.7 Å². The van der Waals surface area contributed by atoms with Crippen LogP contribution in [0.3, 0.4) is 0 Å². The number of nitrogen functional groups attached to an aromatic ring is 1. The number of pyridine rings is 3. The van der Waals surface area contributed by atoms with E-state index in [-0.39, 0.29) is 39.8 Å². The Hall–Kier alpha value is -6.54. The predicted octanol–water partition coefficient (Wildman–Crippen LogP) is 11.2. The van der Waals surface area contributed by atoms with Crippen LogP contribution in [0.25, 0.3) is 11.3 Å². The second kappa shape index (κ2) is 33.8. The van der Waals surface area contributed by atoms with Crippen LogP contribution < -0.4 is 31.9 Å². The molecule has 6 aromatic heterocycles. The highest BCUT2D eigenvalue weighted by Crippen LogP contribution is 2.61. The molecule has 10 rings (SSSR count). The summed E-state index contributed by atoms with van der Waals surface area (Å²) in [5, 5.41) is 16.2. The number of aromatic nitrogens is 7. The maximum Gasteiger partial charge on any atom is 0.339 e. The minimum absolute atomic E-state index is 0.000114. The SMILES string of the molecule is CC(=O)C1CCOC1=O.Cc1nc2c(O)cccn2c(=O)c1CCCl.Cc1nc2c(OCc3ccccc3)cccn2c(=O)c1CCCl.Cc1nc2n(c(=O)c1CCCl)CCCC2O.Nc1ncccc1OCc1ccccc1.O=P(Cl)(Cl)Cl. The molecule has 0 saturated carbocycles. The largest absolute Gasteiger partial charge is 0.504 e. The first kappa shape index (κ1) is 68.2. The Morgan fingerprint density at radius 2 is 1.15 bits per heavy atom. The van der Waals surface area contributed by atoms with Crippen molar-refractivity contribution in [2.75, 3.05) is 30.0 Å². The van der Waals surface area contributed by atoms with E-state index >= 15 is 0 Å². The van der Waals surface area contributed by atoms with Crippen LogP contribution in [0.2, 0.25) is 0 Å². The lowest BCUT2D eigenvalue weighted by Gasteiger charge is -2.23. The summed E-state index contributed by atoms with van der Waals surface area (Å²) in [5.74, 6) is 2.43. The average Bonchev–Trinajstić information content (AvgIpc) is 2.34. The lowest BCUT2D eigenvalue weighted by atomic mass is 10.1. The van der Waals surface area contributed by atoms with Crippen LogP contribution in [0.1, 0.15) is 83.0 Å². The van der Waals surface area contributed by atoms with Gasteiger partial charge in [0, 0.05) is 83.0 Å². The molecule has 2 aliphatic rings. The lowest BCUT2D eigenvalue weighted by molar-refractivity contribution is -0.144. The first-order chi connectivity index (χ1) is 40.1. The number of nitrogens with zero attached hydrogens (tertiary/aromatic N) is 7. The van der Waals surface area contributed by atoms with Gasteiger partial charge in [0.05, 0.1) is 6.61 Å². The normalized spacial score (nSPS) is 14.0. The van der Waals surface area contributed by atoms with E-state index in [0.29, 0.717) is 139 Å². The molecule has 4 N–H and O–H groups in total. The Labute approximate surface area is 514 Å². The van der Waals surface area contributed by atoms with Gasteiger partial charge in [-0.2, -0.15) is 0 Å². The fourth-order valence-corrected chi connectivity index (χ4v) is 9.02. The minimum atomic E-state index is -3.22. The molecule has 0 spiro atoms. The Bertz CT molecular complexity index is 3720. The number of anilines is 1. The summed E-state index contributed by atoms with van der Waals surface area (Å²) in [6, 6.07) is 30.2. The summed E-state index contributed by atoms with van der Waals surface area (Å²) >= 11 is 30.9. The van der Waals surface area contributed by atoms with E-state index in [1.54, 1.807) is 55.2 Å². The van der Waals surface area contributed by atoms with E-state index in [1.165, 1.54) is 21.8 Å². The van der Waals surface area contributed by atoms with Crippen molar-refractivity contribution in [3.8, 4) is 17.2 Å². The van der Waals surface area contributed by atoms with Crippen molar-refractivity contribution in [2.45, 2.75) is 92.1 Å². The molecule has 0 aliphatic carbocycles. The Morgan fingerprint density at radius 1 is 0.679 bits per heavy atom. The van der Waals surface area contributed by atoms with Crippen molar-refractivity contribution in [3.05, 3.63) is 197 Å². The van der Waals surface area contributed by atoms with Crippen LogP contribution in [0, 0.1) is 26.7 Å². The molecule has 84 heavy (non-hydrogen) atoms. The number of aliphatic hydroxyl groups excluding tert-OH is 1. The van der Waals surface area contributed by atoms with E-state index in [9.17, 15) is 38.8 Å². The lowest BCUT2D eigenvalue weighted by Crippen LogP contribution is -2.33. The number of aliphatic hydroxyl groups is 1. The van der Waals surface area contributed by atoms with Crippen molar-refractivity contribution in [1.82, 2.24) is 33.3 Å². The average molecular weight is 1290 g/mol. The predicted molar refractivity (Wildman–Crippen MR) is 330 cm³/mol. The summed E-state index contributed by atoms with van der Waals surface area (Å²) in [6.07, 6.45) is 7.92. The smallest absolute Gasteiger partial charge is 0.339 e. The van der Waals surface area contributed by atoms with E-state index in [1.807, 2.05) is 79.7 Å². The fourth-order valence-electron chi connectivity index (χ4n) is 8.45. The van der Waals surface area contributed by atoms with Crippen LogP contribution in [-0.2, 0) is 57.9 Å². The number of alkyl halides is 3. The summed E-state index contributed by atoms with van der Waals surface area (Å²) in [4.78, 5) is 74.9. The van der Waals surface area contributed by atoms with Crippen molar-refractivity contribution in [3.63, 3.8) is 0 Å². The van der Waals surface area contributed by atoms with Crippen LogP contribution in [0.4, 0.5) is 5.82 Å². The van der Waals surface area contributed by atoms with Crippen molar-refractivity contribution >= 4 is 103 Å². The van der Waals surface area contributed by atoms with Crippen LogP contribution in [-0.4, -0.2) is 79.5 Å². The molecule has 2 unspecified atom stereocenters. The zero-order valence-corrected chi connectivity index (χ0v) is 51.7. The van der Waals surface area contributed by atoms with Gasteiger partial charge < -0.3 is 30.2 Å². The second-order valence-corrected chi connectivity index (χ2v) is 26.3. The molecule has 0 bridgehead atoms. The number of aryl methyl sites for hydroxylation is 3. The van der Waals surface area contributed by atoms with Gasteiger partial charge in [-0.05, 0) is 141 Å². The summed E-state index contributed by atoms with van der Waals surface area (Å²) in [7, 11) is 0. The molecule has 8 heterocycles. The van der Waals surface area contributed by atoms with Gasteiger partial charge in [0.15, 0.2) is 34.4 Å². The topological polar surface area (TPSA) is 262 Å². The fraction of sp³-hybridized carbons (Fsp3) is 0.328. The summed E-state index contributed by atoms with van der Waals surface area (Å²) in [6.45, 7) is 8.78. The molecular formula is C58H63Cl6N8O11P. The second-order valence-electron chi connectivity index (χ2n) is 18.5. The highest BCUT2D eigenvalue weighted by Gasteiger charge is 2.30. The number of ketones is 1. The number of carbonyl (C=O) groups excluding carboxylic acids is 2. The number of ether oxygens (including phenoxy) is 3. The third-order valence-corrected chi connectivity index (χ3v) is 13.2. The Balaban J connectivity index is 0.000000192.